The molecule has 11 aromatic rings. The molecule has 8 aromatic carbocycles. The highest BCUT2D eigenvalue weighted by Crippen LogP contribution is 2.44. The fourth-order valence-corrected chi connectivity index (χ4v) is 8.73. The van der Waals surface area contributed by atoms with Crippen molar-refractivity contribution in [2.45, 2.75) is 6.17 Å². The summed E-state index contributed by atoms with van der Waals surface area (Å²) in [4.78, 5) is 10.1. The maximum Gasteiger partial charge on any atom is 0.159 e. The molecule has 1 aliphatic heterocycles. The Kier molecular flexibility index (Phi) is 6.89. The SMILES string of the molecule is c1ccc(C2=NC(c3ccc4oc5cccc(-c6cccc7c6oc6cccc(-n8c9ccccc9c9ccccc98)c67)c5c4c3)NC(c3ccccc3)=N2)cc1. The van der Waals surface area contributed by atoms with Crippen LogP contribution >= 0.6 is 0 Å². The van der Waals surface area contributed by atoms with E-state index in [-0.39, 0.29) is 6.17 Å². The summed E-state index contributed by atoms with van der Waals surface area (Å²) >= 11 is 0. The minimum absolute atomic E-state index is 0.368. The molecule has 1 N–H and O–H groups in total. The van der Waals surface area contributed by atoms with Crippen LogP contribution in [0, 0.1) is 0 Å². The van der Waals surface area contributed by atoms with Gasteiger partial charge in [-0.25, -0.2) is 9.98 Å². The Balaban J connectivity index is 1.04. The Labute approximate surface area is 326 Å². The van der Waals surface area contributed by atoms with Gasteiger partial charge in [0, 0.05) is 43.6 Å². The Hall–Kier alpha value is -7.70. The van der Waals surface area contributed by atoms with Gasteiger partial charge in [-0.05, 0) is 53.6 Å². The highest BCUT2D eigenvalue weighted by atomic mass is 16.3. The quantitative estimate of drug-likeness (QED) is 0.192. The molecule has 12 rings (SSSR count). The van der Waals surface area contributed by atoms with E-state index >= 15 is 0 Å². The zero-order valence-corrected chi connectivity index (χ0v) is 30.6. The van der Waals surface area contributed by atoms with Gasteiger partial charge in [-0.1, -0.05) is 140 Å². The highest BCUT2D eigenvalue weighted by molar-refractivity contribution is 6.20. The van der Waals surface area contributed by atoms with E-state index in [1.807, 2.05) is 42.5 Å². The van der Waals surface area contributed by atoms with Gasteiger partial charge in [0.2, 0.25) is 0 Å². The van der Waals surface area contributed by atoms with Gasteiger partial charge in [-0.3, -0.25) is 0 Å². The number of furan rings is 2. The first-order valence-electron chi connectivity index (χ1n) is 19.2. The second kappa shape index (κ2) is 12.4. The van der Waals surface area contributed by atoms with Crippen LogP contribution < -0.4 is 5.32 Å². The van der Waals surface area contributed by atoms with Gasteiger partial charge in [-0.15, -0.1) is 0 Å². The fourth-order valence-electron chi connectivity index (χ4n) is 8.73. The number of aromatic nitrogens is 1. The standard InChI is InChI=1S/C51H32N4O2/c1-3-14-31(15-4-1)49-52-50(32-16-5-2-6-17-32)54-51(53-49)33-28-29-43-39(30-33)46-36(20-12-26-44(46)56-43)37-21-11-22-38-47-42(25-13-27-45(47)57-48(37)38)55-40-23-9-7-18-34(40)35-19-8-10-24-41(35)55/h1-30,51H,(H,52,53,54). The van der Waals surface area contributed by atoms with Gasteiger partial charge in [0.05, 0.1) is 22.1 Å². The molecule has 0 bridgehead atoms. The molecule has 0 amide bonds. The van der Waals surface area contributed by atoms with Crippen LogP contribution in [-0.4, -0.2) is 16.2 Å². The summed E-state index contributed by atoms with van der Waals surface area (Å²) < 4.78 is 15.8. The molecule has 0 fully saturated rings. The number of fused-ring (bicyclic) bond motifs is 9. The number of para-hydroxylation sites is 3. The van der Waals surface area contributed by atoms with Crippen LogP contribution in [0.15, 0.2) is 201 Å². The average Bonchev–Trinajstić information content (AvgIpc) is 3.96. The van der Waals surface area contributed by atoms with Gasteiger partial charge in [-0.2, -0.15) is 0 Å². The summed E-state index contributed by atoms with van der Waals surface area (Å²) in [7, 11) is 0. The van der Waals surface area contributed by atoms with Gasteiger partial charge in [0.1, 0.15) is 34.3 Å². The first kappa shape index (κ1) is 31.6. The monoisotopic (exact) mass is 732 g/mol. The summed E-state index contributed by atoms with van der Waals surface area (Å²) in [5, 5.41) is 10.3. The maximum atomic E-state index is 6.88. The molecule has 6 heteroatoms. The number of hydrogen-bond acceptors (Lipinski definition) is 5. The van der Waals surface area contributed by atoms with Crippen molar-refractivity contribution >= 4 is 77.4 Å². The van der Waals surface area contributed by atoms with Crippen LogP contribution in [0.3, 0.4) is 0 Å². The molecule has 4 heterocycles. The third-order valence-corrected chi connectivity index (χ3v) is 11.3. The van der Waals surface area contributed by atoms with Crippen molar-refractivity contribution in [2.75, 3.05) is 0 Å². The molecule has 1 unspecified atom stereocenters. The molecule has 0 radical (unpaired) electrons. The highest BCUT2D eigenvalue weighted by Gasteiger charge is 2.24. The van der Waals surface area contributed by atoms with Gasteiger partial charge >= 0.3 is 0 Å². The van der Waals surface area contributed by atoms with E-state index in [2.05, 4.69) is 149 Å². The van der Waals surface area contributed by atoms with E-state index in [0.29, 0.717) is 5.84 Å². The summed E-state index contributed by atoms with van der Waals surface area (Å²) in [5.41, 5.74) is 11.8. The van der Waals surface area contributed by atoms with E-state index in [1.54, 1.807) is 0 Å². The molecule has 268 valence electrons. The number of nitrogens with one attached hydrogen (secondary N) is 1. The topological polar surface area (TPSA) is 68.0 Å². The minimum Gasteiger partial charge on any atom is -0.456 e. The molecule has 1 aliphatic rings. The smallest absolute Gasteiger partial charge is 0.159 e. The van der Waals surface area contributed by atoms with Crippen LogP contribution in [0.2, 0.25) is 0 Å². The molecular weight excluding hydrogens is 701 g/mol. The predicted octanol–water partition coefficient (Wildman–Crippen LogP) is 12.7. The van der Waals surface area contributed by atoms with Crippen LogP contribution in [0.25, 0.3) is 82.5 Å². The molecule has 1 atom stereocenters. The fraction of sp³-hybridized carbons (Fsp3) is 0.0196. The van der Waals surface area contributed by atoms with Crippen molar-refractivity contribution in [2.24, 2.45) is 9.98 Å². The lowest BCUT2D eigenvalue weighted by atomic mass is 9.96. The number of amidine groups is 2. The third-order valence-electron chi connectivity index (χ3n) is 11.3. The molecular formula is C51H32N4O2. The summed E-state index contributed by atoms with van der Waals surface area (Å²) in [5.74, 6) is 1.47. The van der Waals surface area contributed by atoms with E-state index in [1.165, 1.54) is 10.8 Å². The zero-order valence-electron chi connectivity index (χ0n) is 30.6. The first-order chi connectivity index (χ1) is 28.3. The zero-order chi connectivity index (χ0) is 37.5. The Morgan fingerprint density at radius 1 is 0.474 bits per heavy atom. The van der Waals surface area contributed by atoms with E-state index < -0.39 is 0 Å². The second-order valence-electron chi connectivity index (χ2n) is 14.5. The third kappa shape index (κ3) is 4.90. The molecule has 0 aliphatic carbocycles. The molecule has 0 saturated heterocycles. The van der Waals surface area contributed by atoms with Gasteiger partial charge < -0.3 is 18.7 Å². The summed E-state index contributed by atoms with van der Waals surface area (Å²) in [6.07, 6.45) is -0.368. The number of rotatable bonds is 5. The van der Waals surface area contributed by atoms with Crippen molar-refractivity contribution < 1.29 is 8.83 Å². The van der Waals surface area contributed by atoms with Crippen molar-refractivity contribution in [3.8, 4) is 16.8 Å². The predicted molar refractivity (Wildman–Crippen MR) is 233 cm³/mol. The summed E-state index contributed by atoms with van der Waals surface area (Å²) in [6, 6.07) is 63.1. The lowest BCUT2D eigenvalue weighted by molar-refractivity contribution is 0.663. The lowest BCUT2D eigenvalue weighted by Gasteiger charge is -2.23. The Morgan fingerprint density at radius 3 is 1.88 bits per heavy atom. The van der Waals surface area contributed by atoms with E-state index in [4.69, 9.17) is 18.8 Å². The average molecular weight is 733 g/mol. The molecule has 3 aromatic heterocycles. The molecule has 0 spiro atoms. The van der Waals surface area contributed by atoms with Crippen LogP contribution in [0.5, 0.6) is 0 Å². The van der Waals surface area contributed by atoms with Crippen molar-refractivity contribution in [3.63, 3.8) is 0 Å². The van der Waals surface area contributed by atoms with E-state index in [9.17, 15) is 0 Å². The maximum absolute atomic E-state index is 6.88. The molecule has 0 saturated carbocycles. The normalized spacial score (nSPS) is 14.5. The molecule has 57 heavy (non-hydrogen) atoms. The van der Waals surface area contributed by atoms with Gasteiger partial charge in [0.25, 0.3) is 0 Å². The largest absolute Gasteiger partial charge is 0.456 e. The van der Waals surface area contributed by atoms with E-state index in [0.717, 1.165) is 94.3 Å². The number of hydrogen-bond donors (Lipinski definition) is 1. The number of aliphatic imine (C=N–C) groups is 2. The lowest BCUT2D eigenvalue weighted by Crippen LogP contribution is -2.33. The van der Waals surface area contributed by atoms with Gasteiger partial charge in [0.15, 0.2) is 5.84 Å². The van der Waals surface area contributed by atoms with Crippen molar-refractivity contribution in [1.82, 2.24) is 9.88 Å². The van der Waals surface area contributed by atoms with Crippen molar-refractivity contribution in [3.05, 3.63) is 199 Å². The van der Waals surface area contributed by atoms with Crippen LogP contribution in [0.4, 0.5) is 0 Å². The summed E-state index contributed by atoms with van der Waals surface area (Å²) in [6.45, 7) is 0. The number of benzene rings is 8. The first-order valence-corrected chi connectivity index (χ1v) is 19.2. The van der Waals surface area contributed by atoms with Crippen molar-refractivity contribution in [1.29, 1.82) is 0 Å². The Morgan fingerprint density at radius 2 is 1.11 bits per heavy atom. The second-order valence-corrected chi connectivity index (χ2v) is 14.5. The molecule has 6 nitrogen and oxygen atoms in total. The van der Waals surface area contributed by atoms with Crippen LogP contribution in [0.1, 0.15) is 22.9 Å². The Bertz CT molecular complexity index is 3390. The van der Waals surface area contributed by atoms with Crippen LogP contribution in [-0.2, 0) is 0 Å². The number of nitrogens with zero attached hydrogens (tertiary/aromatic N) is 3. The minimum atomic E-state index is -0.368.